The van der Waals surface area contributed by atoms with E-state index < -0.39 is 11.4 Å². The number of carbonyl (C=O) groups excluding carboxylic acids is 2. The van der Waals surface area contributed by atoms with Gasteiger partial charge in [-0.2, -0.15) is 0 Å². The lowest BCUT2D eigenvalue weighted by atomic mass is 9.90. The van der Waals surface area contributed by atoms with Crippen molar-refractivity contribution < 1.29 is 19.1 Å². The van der Waals surface area contributed by atoms with Crippen LogP contribution in [0.25, 0.3) is 0 Å². The molecule has 7 nitrogen and oxygen atoms in total. The lowest BCUT2D eigenvalue weighted by Crippen LogP contribution is -2.54. The number of hydrogen-bond acceptors (Lipinski definition) is 5. The van der Waals surface area contributed by atoms with Gasteiger partial charge < -0.3 is 26.3 Å². The SMILES string of the molecule is NC(=O)c1cccc(Oc2ccc(NC(=O)C3(N)CCOCC3)cc2)c1. The smallest absolute Gasteiger partial charge is 0.248 e. The van der Waals surface area contributed by atoms with Gasteiger partial charge in [-0.05, 0) is 55.3 Å². The Kier molecular flexibility index (Phi) is 5.20. The molecule has 0 bridgehead atoms. The zero-order valence-corrected chi connectivity index (χ0v) is 14.2. The first-order chi connectivity index (χ1) is 12.5. The monoisotopic (exact) mass is 355 g/mol. The summed E-state index contributed by atoms with van der Waals surface area (Å²) in [6, 6.07) is 13.5. The number of ether oxygens (including phenoxy) is 2. The Morgan fingerprint density at radius 2 is 1.73 bits per heavy atom. The van der Waals surface area contributed by atoms with Gasteiger partial charge in [-0.15, -0.1) is 0 Å². The van der Waals surface area contributed by atoms with Crippen molar-refractivity contribution in [1.29, 1.82) is 0 Å². The minimum Gasteiger partial charge on any atom is -0.457 e. The van der Waals surface area contributed by atoms with Crippen molar-refractivity contribution in [3.63, 3.8) is 0 Å². The van der Waals surface area contributed by atoms with Crippen LogP contribution in [-0.4, -0.2) is 30.6 Å². The quantitative estimate of drug-likeness (QED) is 0.759. The fourth-order valence-electron chi connectivity index (χ4n) is 2.67. The number of benzene rings is 2. The molecule has 0 atom stereocenters. The summed E-state index contributed by atoms with van der Waals surface area (Å²) in [5, 5.41) is 2.83. The normalized spacial score (nSPS) is 15.9. The maximum atomic E-state index is 12.4. The number of nitrogens with one attached hydrogen (secondary N) is 1. The molecule has 0 saturated carbocycles. The number of carbonyl (C=O) groups is 2. The first kappa shape index (κ1) is 17.9. The summed E-state index contributed by atoms with van der Waals surface area (Å²) in [4.78, 5) is 23.6. The molecule has 2 aromatic carbocycles. The molecule has 26 heavy (non-hydrogen) atoms. The topological polar surface area (TPSA) is 117 Å². The van der Waals surface area contributed by atoms with Crippen molar-refractivity contribution in [1.82, 2.24) is 0 Å². The van der Waals surface area contributed by atoms with Crippen molar-refractivity contribution >= 4 is 17.5 Å². The van der Waals surface area contributed by atoms with Crippen LogP contribution in [0.4, 0.5) is 5.69 Å². The van der Waals surface area contributed by atoms with Crippen LogP contribution in [0.15, 0.2) is 48.5 Å². The summed E-state index contributed by atoms with van der Waals surface area (Å²) in [6.45, 7) is 0.974. The highest BCUT2D eigenvalue weighted by Gasteiger charge is 2.35. The predicted molar refractivity (Wildman–Crippen MR) is 97.1 cm³/mol. The molecular weight excluding hydrogens is 334 g/mol. The molecule has 2 aromatic rings. The molecule has 3 rings (SSSR count). The summed E-state index contributed by atoms with van der Waals surface area (Å²) >= 11 is 0. The van der Waals surface area contributed by atoms with Gasteiger partial charge in [0.1, 0.15) is 17.0 Å². The van der Waals surface area contributed by atoms with E-state index in [0.717, 1.165) is 0 Å². The number of nitrogens with two attached hydrogens (primary N) is 2. The van der Waals surface area contributed by atoms with E-state index in [9.17, 15) is 9.59 Å². The van der Waals surface area contributed by atoms with Crippen molar-refractivity contribution in [3.8, 4) is 11.5 Å². The molecule has 2 amide bonds. The van der Waals surface area contributed by atoms with Crippen LogP contribution < -0.4 is 21.5 Å². The maximum absolute atomic E-state index is 12.4. The second-order valence-electron chi connectivity index (χ2n) is 6.24. The fraction of sp³-hybridized carbons (Fsp3) is 0.263. The first-order valence-corrected chi connectivity index (χ1v) is 8.32. The number of anilines is 1. The van der Waals surface area contributed by atoms with Gasteiger partial charge in [0.25, 0.3) is 0 Å². The highest BCUT2D eigenvalue weighted by Crippen LogP contribution is 2.25. The van der Waals surface area contributed by atoms with E-state index in [0.29, 0.717) is 48.8 Å². The largest absolute Gasteiger partial charge is 0.457 e. The van der Waals surface area contributed by atoms with E-state index in [1.54, 1.807) is 48.5 Å². The van der Waals surface area contributed by atoms with Gasteiger partial charge in [0.2, 0.25) is 11.8 Å². The van der Waals surface area contributed by atoms with E-state index in [-0.39, 0.29) is 5.91 Å². The Morgan fingerprint density at radius 3 is 2.38 bits per heavy atom. The van der Waals surface area contributed by atoms with Gasteiger partial charge in [0.15, 0.2) is 0 Å². The third-order valence-electron chi connectivity index (χ3n) is 4.30. The van der Waals surface area contributed by atoms with Crippen molar-refractivity contribution in [2.45, 2.75) is 18.4 Å². The van der Waals surface area contributed by atoms with E-state index in [1.807, 2.05) is 0 Å². The first-order valence-electron chi connectivity index (χ1n) is 8.32. The number of hydrogen-bond donors (Lipinski definition) is 3. The molecule has 0 radical (unpaired) electrons. The van der Waals surface area contributed by atoms with Crippen LogP contribution in [-0.2, 0) is 9.53 Å². The Morgan fingerprint density at radius 1 is 1.04 bits per heavy atom. The molecule has 1 aliphatic rings. The molecule has 1 fully saturated rings. The van der Waals surface area contributed by atoms with E-state index in [4.69, 9.17) is 20.9 Å². The van der Waals surface area contributed by atoms with Crippen LogP contribution in [0.5, 0.6) is 11.5 Å². The van der Waals surface area contributed by atoms with Crippen LogP contribution in [0.1, 0.15) is 23.2 Å². The fourth-order valence-corrected chi connectivity index (χ4v) is 2.67. The van der Waals surface area contributed by atoms with Gasteiger partial charge in [0.05, 0.1) is 0 Å². The molecule has 1 aliphatic heterocycles. The maximum Gasteiger partial charge on any atom is 0.248 e. The number of amides is 2. The van der Waals surface area contributed by atoms with Crippen molar-refractivity contribution in [3.05, 3.63) is 54.1 Å². The lowest BCUT2D eigenvalue weighted by molar-refractivity contribution is -0.124. The van der Waals surface area contributed by atoms with E-state index >= 15 is 0 Å². The Labute approximate surface area is 151 Å². The molecule has 136 valence electrons. The van der Waals surface area contributed by atoms with Crippen molar-refractivity contribution in [2.24, 2.45) is 11.5 Å². The Balaban J connectivity index is 1.64. The minimum atomic E-state index is -0.900. The predicted octanol–water partition coefficient (Wildman–Crippen LogP) is 2.02. The Hall–Kier alpha value is -2.90. The number of primary amides is 1. The average Bonchev–Trinajstić information content (AvgIpc) is 2.64. The molecule has 1 saturated heterocycles. The van der Waals surface area contributed by atoms with Gasteiger partial charge in [-0.25, -0.2) is 0 Å². The molecule has 0 aromatic heterocycles. The van der Waals surface area contributed by atoms with Crippen LogP contribution in [0, 0.1) is 0 Å². The van der Waals surface area contributed by atoms with Crippen molar-refractivity contribution in [2.75, 3.05) is 18.5 Å². The zero-order chi connectivity index (χ0) is 18.6. The molecule has 5 N–H and O–H groups in total. The molecule has 0 unspecified atom stereocenters. The standard InChI is InChI=1S/C19H21N3O4/c20-17(23)13-2-1-3-16(12-13)26-15-6-4-14(5-7-15)22-18(24)19(21)8-10-25-11-9-19/h1-7,12H,8-11,21H2,(H2,20,23)(H,22,24). The van der Waals surface area contributed by atoms with Crippen LogP contribution in [0.2, 0.25) is 0 Å². The van der Waals surface area contributed by atoms with Gasteiger partial charge in [0, 0.05) is 24.5 Å². The third kappa shape index (κ3) is 4.19. The highest BCUT2D eigenvalue weighted by molar-refractivity contribution is 5.98. The van der Waals surface area contributed by atoms with E-state index in [1.165, 1.54) is 0 Å². The third-order valence-corrected chi connectivity index (χ3v) is 4.30. The summed E-state index contributed by atoms with van der Waals surface area (Å²) < 4.78 is 11.0. The lowest BCUT2D eigenvalue weighted by Gasteiger charge is -2.31. The Bertz CT molecular complexity index is 799. The van der Waals surface area contributed by atoms with Gasteiger partial charge >= 0.3 is 0 Å². The van der Waals surface area contributed by atoms with Gasteiger partial charge in [-0.3, -0.25) is 9.59 Å². The summed E-state index contributed by atoms with van der Waals surface area (Å²) in [5.74, 6) is 0.334. The average molecular weight is 355 g/mol. The summed E-state index contributed by atoms with van der Waals surface area (Å²) in [6.07, 6.45) is 0.993. The zero-order valence-electron chi connectivity index (χ0n) is 14.2. The summed E-state index contributed by atoms with van der Waals surface area (Å²) in [5.41, 5.74) is 11.5. The second-order valence-corrected chi connectivity index (χ2v) is 6.24. The molecule has 1 heterocycles. The minimum absolute atomic E-state index is 0.219. The summed E-state index contributed by atoms with van der Waals surface area (Å²) in [7, 11) is 0. The van der Waals surface area contributed by atoms with Gasteiger partial charge in [-0.1, -0.05) is 6.07 Å². The molecule has 7 heteroatoms. The van der Waals surface area contributed by atoms with E-state index in [2.05, 4.69) is 5.32 Å². The second kappa shape index (κ2) is 7.55. The molecule has 0 aliphatic carbocycles. The van der Waals surface area contributed by atoms with Crippen LogP contribution in [0.3, 0.4) is 0 Å². The molecule has 0 spiro atoms. The molecular formula is C19H21N3O4. The number of rotatable bonds is 5. The van der Waals surface area contributed by atoms with Crippen LogP contribution >= 0.6 is 0 Å². The highest BCUT2D eigenvalue weighted by atomic mass is 16.5.